The van der Waals surface area contributed by atoms with Crippen molar-refractivity contribution in [3.8, 4) is 0 Å². The molecule has 0 fully saturated rings. The summed E-state index contributed by atoms with van der Waals surface area (Å²) in [6.45, 7) is 2.17. The van der Waals surface area contributed by atoms with E-state index in [1.54, 1.807) is 31.2 Å². The van der Waals surface area contributed by atoms with Crippen LogP contribution in [0.2, 0.25) is 0 Å². The second-order valence-electron chi connectivity index (χ2n) is 8.06. The third-order valence-electron chi connectivity index (χ3n) is 5.50. The maximum Gasteiger partial charge on any atom is 0.326 e. The van der Waals surface area contributed by atoms with Crippen LogP contribution >= 0.6 is 11.3 Å². The molecule has 1 aliphatic heterocycles. The fourth-order valence-electron chi connectivity index (χ4n) is 4.03. The van der Waals surface area contributed by atoms with Crippen molar-refractivity contribution in [2.24, 2.45) is 4.99 Å². The topological polar surface area (TPSA) is 115 Å². The van der Waals surface area contributed by atoms with Crippen molar-refractivity contribution in [2.75, 3.05) is 29.6 Å². The summed E-state index contributed by atoms with van der Waals surface area (Å²) in [6.07, 6.45) is 1.56. The molecular formula is C24H25N3O6S2. The van der Waals surface area contributed by atoms with Gasteiger partial charge in [0.25, 0.3) is 5.91 Å². The van der Waals surface area contributed by atoms with E-state index in [-0.39, 0.29) is 18.0 Å². The third-order valence-corrected chi connectivity index (χ3v) is 7.93. The highest BCUT2D eigenvalue weighted by Crippen LogP contribution is 2.27. The Morgan fingerprint density at radius 2 is 1.80 bits per heavy atom. The zero-order valence-electron chi connectivity index (χ0n) is 19.2. The number of ether oxygens (including phenoxy) is 1. The number of sulfone groups is 1. The molecule has 0 saturated carbocycles. The lowest BCUT2D eigenvalue weighted by Crippen LogP contribution is -2.40. The van der Waals surface area contributed by atoms with Crippen molar-refractivity contribution in [2.45, 2.75) is 26.3 Å². The van der Waals surface area contributed by atoms with Crippen molar-refractivity contribution >= 4 is 54.9 Å². The molecule has 0 spiro atoms. The monoisotopic (exact) mass is 515 g/mol. The van der Waals surface area contributed by atoms with Gasteiger partial charge >= 0.3 is 5.97 Å². The number of rotatable bonds is 7. The van der Waals surface area contributed by atoms with Gasteiger partial charge in [-0.2, -0.15) is 4.99 Å². The maximum atomic E-state index is 12.8. The van der Waals surface area contributed by atoms with Crippen molar-refractivity contribution in [1.29, 1.82) is 0 Å². The summed E-state index contributed by atoms with van der Waals surface area (Å²) in [5.41, 5.74) is 2.38. The largest absolute Gasteiger partial charge is 0.465 e. The first-order valence-electron chi connectivity index (χ1n) is 11.2. The Labute approximate surface area is 206 Å². The second kappa shape index (κ2) is 10.5. The molecule has 11 heteroatoms. The number of thiazole rings is 1. The number of fused-ring (bicyclic) bond motifs is 2. The summed E-state index contributed by atoms with van der Waals surface area (Å²) in [4.78, 5) is 43.2. The molecule has 0 aliphatic carbocycles. The van der Waals surface area contributed by atoms with Crippen LogP contribution in [-0.2, 0) is 41.9 Å². The van der Waals surface area contributed by atoms with Crippen LogP contribution < -0.4 is 9.70 Å². The van der Waals surface area contributed by atoms with E-state index in [2.05, 4.69) is 4.99 Å². The number of anilines is 1. The first-order valence-corrected chi connectivity index (χ1v) is 13.8. The Morgan fingerprint density at radius 3 is 2.60 bits per heavy atom. The Kier molecular flexibility index (Phi) is 7.46. The average Bonchev–Trinajstić information content (AvgIpc) is 3.14. The summed E-state index contributed by atoms with van der Waals surface area (Å²) in [5.74, 6) is -3.64. The first kappa shape index (κ1) is 24.8. The van der Waals surface area contributed by atoms with E-state index in [0.717, 1.165) is 34.4 Å². The molecule has 35 heavy (non-hydrogen) atoms. The van der Waals surface area contributed by atoms with Crippen molar-refractivity contribution < 1.29 is 27.5 Å². The lowest BCUT2D eigenvalue weighted by Gasteiger charge is -2.29. The molecule has 2 aromatic carbocycles. The number of hydrogen-bond donors (Lipinski definition) is 0. The van der Waals surface area contributed by atoms with Crippen molar-refractivity contribution in [3.05, 3.63) is 58.9 Å². The molecule has 1 aliphatic rings. The number of nitrogens with zero attached hydrogens (tertiary/aromatic N) is 3. The standard InChI is InChI=1S/C24H25N3O6S2/c1-2-33-23(30)14-27-19-11-5-6-12-20(19)34-24(27)25-21(28)15-35(31,32)16-22(29)26-13-7-9-17-8-3-4-10-18(17)26/h3-6,8,10-12H,2,7,9,13-16H2,1H3. The normalized spacial score (nSPS) is 14.1. The Morgan fingerprint density at radius 1 is 1.06 bits per heavy atom. The van der Waals surface area contributed by atoms with Gasteiger partial charge in [0, 0.05) is 12.2 Å². The van der Waals surface area contributed by atoms with Crippen LogP contribution in [0.15, 0.2) is 53.5 Å². The number of aromatic nitrogens is 1. The van der Waals surface area contributed by atoms with Crippen LogP contribution in [0.3, 0.4) is 0 Å². The summed E-state index contributed by atoms with van der Waals surface area (Å²) in [6, 6.07) is 14.6. The number of para-hydroxylation sites is 2. The maximum absolute atomic E-state index is 12.8. The van der Waals surface area contributed by atoms with Gasteiger partial charge in [-0.25, -0.2) is 8.42 Å². The molecule has 0 unspecified atom stereocenters. The highest BCUT2D eigenvalue weighted by Gasteiger charge is 2.28. The van der Waals surface area contributed by atoms with Crippen LogP contribution in [0.1, 0.15) is 18.9 Å². The van der Waals surface area contributed by atoms with E-state index >= 15 is 0 Å². The van der Waals surface area contributed by atoms with Gasteiger partial charge in [0.1, 0.15) is 18.1 Å². The number of carbonyl (C=O) groups is 3. The lowest BCUT2D eigenvalue weighted by atomic mass is 10.0. The molecule has 4 rings (SSSR count). The van der Waals surface area contributed by atoms with Gasteiger partial charge < -0.3 is 14.2 Å². The highest BCUT2D eigenvalue weighted by molar-refractivity contribution is 7.92. The Balaban J connectivity index is 1.53. The van der Waals surface area contributed by atoms with Gasteiger partial charge in [0.05, 0.1) is 16.8 Å². The fourth-order valence-corrected chi connectivity index (χ4v) is 6.15. The molecule has 2 heterocycles. The average molecular weight is 516 g/mol. The van der Waals surface area contributed by atoms with Crippen molar-refractivity contribution in [1.82, 2.24) is 4.57 Å². The molecule has 1 aromatic heterocycles. The van der Waals surface area contributed by atoms with Crippen LogP contribution in [0.5, 0.6) is 0 Å². The van der Waals surface area contributed by atoms with Gasteiger partial charge in [-0.1, -0.05) is 41.7 Å². The number of esters is 1. The lowest BCUT2D eigenvalue weighted by molar-refractivity contribution is -0.143. The molecule has 0 N–H and O–H groups in total. The molecule has 0 bridgehead atoms. The Bertz CT molecular complexity index is 1460. The van der Waals surface area contributed by atoms with E-state index in [4.69, 9.17) is 4.74 Å². The zero-order valence-corrected chi connectivity index (χ0v) is 20.8. The van der Waals surface area contributed by atoms with Gasteiger partial charge in [0.15, 0.2) is 14.6 Å². The summed E-state index contributed by atoms with van der Waals surface area (Å²) < 4.78 is 32.7. The smallest absolute Gasteiger partial charge is 0.326 e. The molecule has 9 nitrogen and oxygen atoms in total. The summed E-state index contributed by atoms with van der Waals surface area (Å²) in [5, 5.41) is 0. The van der Waals surface area contributed by atoms with E-state index in [1.165, 1.54) is 9.47 Å². The zero-order chi connectivity index (χ0) is 25.0. The number of benzene rings is 2. The van der Waals surface area contributed by atoms with Crippen LogP contribution in [0.4, 0.5) is 5.69 Å². The molecule has 0 atom stereocenters. The van der Waals surface area contributed by atoms with Gasteiger partial charge in [-0.15, -0.1) is 0 Å². The van der Waals surface area contributed by atoms with E-state index in [9.17, 15) is 22.8 Å². The molecule has 0 radical (unpaired) electrons. The van der Waals surface area contributed by atoms with Crippen molar-refractivity contribution in [3.63, 3.8) is 0 Å². The minimum absolute atomic E-state index is 0.163. The predicted octanol–water partition coefficient (Wildman–Crippen LogP) is 2.09. The number of aryl methyl sites for hydroxylation is 1. The van der Waals surface area contributed by atoms with E-state index in [1.807, 2.05) is 24.3 Å². The molecule has 2 amide bonds. The first-order chi connectivity index (χ1) is 16.8. The van der Waals surface area contributed by atoms with Gasteiger partial charge in [-0.05, 0) is 43.5 Å². The predicted molar refractivity (Wildman–Crippen MR) is 133 cm³/mol. The Hall–Kier alpha value is -3.31. The fraction of sp³-hybridized carbons (Fsp3) is 0.333. The van der Waals surface area contributed by atoms with E-state index in [0.29, 0.717) is 17.7 Å². The van der Waals surface area contributed by atoms with Crippen LogP contribution in [-0.4, -0.2) is 55.4 Å². The van der Waals surface area contributed by atoms with Gasteiger partial charge in [-0.3, -0.25) is 14.4 Å². The quantitative estimate of drug-likeness (QED) is 0.445. The van der Waals surface area contributed by atoms with Gasteiger partial charge in [0.2, 0.25) is 5.91 Å². The van der Waals surface area contributed by atoms with E-state index < -0.39 is 39.1 Å². The molecule has 0 saturated heterocycles. The van der Waals surface area contributed by atoms with Crippen LogP contribution in [0, 0.1) is 0 Å². The molecule has 3 aromatic rings. The summed E-state index contributed by atoms with van der Waals surface area (Å²) in [7, 11) is -4.06. The number of amides is 2. The molecular weight excluding hydrogens is 490 g/mol. The summed E-state index contributed by atoms with van der Waals surface area (Å²) >= 11 is 1.16. The number of hydrogen-bond acceptors (Lipinski definition) is 7. The SMILES string of the molecule is CCOC(=O)Cn1c(=NC(=O)CS(=O)(=O)CC(=O)N2CCCc3ccccc32)sc2ccccc21. The van der Waals surface area contributed by atoms with Crippen LogP contribution in [0.25, 0.3) is 10.2 Å². The minimum Gasteiger partial charge on any atom is -0.465 e. The number of carbonyl (C=O) groups excluding carboxylic acids is 3. The second-order valence-corrected chi connectivity index (χ2v) is 11.1. The highest BCUT2D eigenvalue weighted by atomic mass is 32.2. The minimum atomic E-state index is -4.06. The third kappa shape index (κ3) is 5.85. The molecule has 184 valence electrons.